The van der Waals surface area contributed by atoms with Crippen molar-refractivity contribution in [2.45, 2.75) is 20.4 Å². The number of rotatable bonds is 3. The first-order valence-corrected chi connectivity index (χ1v) is 5.56. The summed E-state index contributed by atoms with van der Waals surface area (Å²) < 4.78 is 14.8. The Bertz CT molecular complexity index is 531. The van der Waals surface area contributed by atoms with E-state index in [1.807, 2.05) is 31.6 Å². The van der Waals surface area contributed by atoms with Crippen molar-refractivity contribution in [2.75, 3.05) is 5.32 Å². The van der Waals surface area contributed by atoms with Gasteiger partial charge in [-0.25, -0.2) is 4.39 Å². The maximum Gasteiger partial charge on any atom is 0.123 e. The highest BCUT2D eigenvalue weighted by atomic mass is 19.1. The first-order valence-electron chi connectivity index (χ1n) is 5.56. The predicted molar refractivity (Wildman–Crippen MR) is 66.4 cm³/mol. The van der Waals surface area contributed by atoms with Crippen LogP contribution in [0.4, 0.5) is 10.1 Å². The first-order chi connectivity index (χ1) is 8.08. The molecule has 0 aliphatic rings. The Morgan fingerprint density at radius 2 is 2.12 bits per heavy atom. The fourth-order valence-corrected chi connectivity index (χ4v) is 1.87. The molecule has 0 amide bonds. The van der Waals surface area contributed by atoms with Gasteiger partial charge < -0.3 is 5.32 Å². The Balaban J connectivity index is 2.12. The summed E-state index contributed by atoms with van der Waals surface area (Å²) in [5, 5.41) is 7.62. The number of hydrogen-bond acceptors (Lipinski definition) is 2. The van der Waals surface area contributed by atoms with Crippen LogP contribution < -0.4 is 5.32 Å². The van der Waals surface area contributed by atoms with Crippen LogP contribution in [0.15, 0.2) is 24.3 Å². The van der Waals surface area contributed by atoms with E-state index < -0.39 is 0 Å². The van der Waals surface area contributed by atoms with Gasteiger partial charge in [0.1, 0.15) is 5.82 Å². The summed E-state index contributed by atoms with van der Waals surface area (Å²) in [6, 6.07) is 6.60. The molecule has 2 rings (SSSR count). The second-order valence-corrected chi connectivity index (χ2v) is 4.15. The summed E-state index contributed by atoms with van der Waals surface area (Å²) in [5.41, 5.74) is 3.99. The highest BCUT2D eigenvalue weighted by Crippen LogP contribution is 2.19. The Kier molecular flexibility index (Phi) is 3.13. The summed E-state index contributed by atoms with van der Waals surface area (Å²) in [6.07, 6.45) is 0. The summed E-state index contributed by atoms with van der Waals surface area (Å²) >= 11 is 0. The topological polar surface area (TPSA) is 29.9 Å². The molecule has 17 heavy (non-hydrogen) atoms. The van der Waals surface area contributed by atoms with Crippen LogP contribution in [0.2, 0.25) is 0 Å². The summed E-state index contributed by atoms with van der Waals surface area (Å²) in [5.74, 6) is -0.205. The molecule has 0 aliphatic carbocycles. The fourth-order valence-electron chi connectivity index (χ4n) is 1.87. The number of nitrogens with zero attached hydrogens (tertiary/aromatic N) is 2. The van der Waals surface area contributed by atoms with Gasteiger partial charge in [-0.15, -0.1) is 0 Å². The number of nitrogens with one attached hydrogen (secondary N) is 1. The van der Waals surface area contributed by atoms with Crippen molar-refractivity contribution in [2.24, 2.45) is 7.05 Å². The number of benzene rings is 1. The molecule has 0 unspecified atom stereocenters. The quantitative estimate of drug-likeness (QED) is 0.883. The first kappa shape index (κ1) is 11.6. The molecule has 0 spiro atoms. The molecule has 1 aromatic carbocycles. The van der Waals surface area contributed by atoms with Crippen molar-refractivity contribution >= 4 is 5.69 Å². The largest absolute Gasteiger partial charge is 0.378 e. The van der Waals surface area contributed by atoms with Gasteiger partial charge in [0.05, 0.1) is 17.1 Å². The zero-order chi connectivity index (χ0) is 12.4. The van der Waals surface area contributed by atoms with Crippen molar-refractivity contribution in [3.8, 4) is 0 Å². The van der Waals surface area contributed by atoms with Gasteiger partial charge in [0.25, 0.3) is 0 Å². The molecule has 0 aliphatic heterocycles. The van der Waals surface area contributed by atoms with E-state index in [0.717, 1.165) is 22.6 Å². The number of anilines is 1. The molecule has 1 N–H and O–H groups in total. The molecule has 2 aromatic rings. The van der Waals surface area contributed by atoms with E-state index in [9.17, 15) is 4.39 Å². The third kappa shape index (κ3) is 2.46. The molecule has 0 bridgehead atoms. The molecule has 1 aromatic heterocycles. The zero-order valence-corrected chi connectivity index (χ0v) is 10.3. The van der Waals surface area contributed by atoms with Gasteiger partial charge in [0, 0.05) is 13.6 Å². The highest BCUT2D eigenvalue weighted by molar-refractivity contribution is 5.52. The molecule has 0 saturated carbocycles. The van der Waals surface area contributed by atoms with Crippen LogP contribution in [0, 0.1) is 19.7 Å². The monoisotopic (exact) mass is 233 g/mol. The minimum absolute atomic E-state index is 0.205. The molecule has 4 heteroatoms. The lowest BCUT2D eigenvalue weighted by Crippen LogP contribution is -2.02. The zero-order valence-electron chi connectivity index (χ0n) is 10.3. The van der Waals surface area contributed by atoms with Crippen molar-refractivity contribution < 1.29 is 4.39 Å². The number of aryl methyl sites for hydroxylation is 2. The van der Waals surface area contributed by atoms with Gasteiger partial charge in [-0.2, -0.15) is 5.10 Å². The summed E-state index contributed by atoms with van der Waals surface area (Å²) in [4.78, 5) is 0. The number of hydrogen-bond donors (Lipinski definition) is 1. The van der Waals surface area contributed by atoms with E-state index >= 15 is 0 Å². The molecular weight excluding hydrogens is 217 g/mol. The van der Waals surface area contributed by atoms with E-state index in [2.05, 4.69) is 10.4 Å². The Morgan fingerprint density at radius 3 is 2.71 bits per heavy atom. The van der Waals surface area contributed by atoms with Crippen LogP contribution in [0.3, 0.4) is 0 Å². The van der Waals surface area contributed by atoms with Crippen LogP contribution in [0.1, 0.15) is 17.0 Å². The lowest BCUT2D eigenvalue weighted by molar-refractivity contribution is 0.626. The van der Waals surface area contributed by atoms with Crippen LogP contribution >= 0.6 is 0 Å². The van der Waals surface area contributed by atoms with Gasteiger partial charge >= 0.3 is 0 Å². The van der Waals surface area contributed by atoms with Crippen molar-refractivity contribution in [3.05, 3.63) is 47.0 Å². The Morgan fingerprint density at radius 1 is 1.35 bits per heavy atom. The maximum absolute atomic E-state index is 13.0. The standard InChI is InChI=1S/C13H16FN3/c1-9-13(10(2)17(3)16-9)15-8-11-5-4-6-12(14)7-11/h4-7,15H,8H2,1-3H3. The smallest absolute Gasteiger partial charge is 0.123 e. The van der Waals surface area contributed by atoms with Gasteiger partial charge in [-0.1, -0.05) is 12.1 Å². The van der Waals surface area contributed by atoms with E-state index in [1.54, 1.807) is 6.07 Å². The van der Waals surface area contributed by atoms with E-state index in [4.69, 9.17) is 0 Å². The third-order valence-corrected chi connectivity index (χ3v) is 2.87. The highest BCUT2D eigenvalue weighted by Gasteiger charge is 2.08. The van der Waals surface area contributed by atoms with Crippen LogP contribution in [-0.2, 0) is 13.6 Å². The molecular formula is C13H16FN3. The molecule has 0 atom stereocenters. The van der Waals surface area contributed by atoms with E-state index in [-0.39, 0.29) is 5.82 Å². The second kappa shape index (κ2) is 4.57. The molecule has 90 valence electrons. The van der Waals surface area contributed by atoms with Crippen molar-refractivity contribution in [3.63, 3.8) is 0 Å². The minimum atomic E-state index is -0.205. The van der Waals surface area contributed by atoms with Gasteiger partial charge in [0.2, 0.25) is 0 Å². The average molecular weight is 233 g/mol. The molecule has 0 radical (unpaired) electrons. The minimum Gasteiger partial charge on any atom is -0.378 e. The lowest BCUT2D eigenvalue weighted by atomic mass is 10.2. The van der Waals surface area contributed by atoms with Crippen molar-refractivity contribution in [1.82, 2.24) is 9.78 Å². The Hall–Kier alpha value is -1.84. The number of halogens is 1. The fraction of sp³-hybridized carbons (Fsp3) is 0.308. The Labute approximate surface area is 100 Å². The second-order valence-electron chi connectivity index (χ2n) is 4.15. The lowest BCUT2D eigenvalue weighted by Gasteiger charge is -2.07. The molecule has 0 fully saturated rings. The van der Waals surface area contributed by atoms with Gasteiger partial charge in [0.15, 0.2) is 0 Å². The molecule has 0 saturated heterocycles. The van der Waals surface area contributed by atoms with E-state index in [0.29, 0.717) is 6.54 Å². The van der Waals surface area contributed by atoms with Crippen LogP contribution in [0.25, 0.3) is 0 Å². The normalized spacial score (nSPS) is 10.6. The van der Waals surface area contributed by atoms with Gasteiger partial charge in [-0.3, -0.25) is 4.68 Å². The van der Waals surface area contributed by atoms with Crippen molar-refractivity contribution in [1.29, 1.82) is 0 Å². The number of aromatic nitrogens is 2. The summed E-state index contributed by atoms with van der Waals surface area (Å²) in [6.45, 7) is 4.57. The van der Waals surface area contributed by atoms with E-state index in [1.165, 1.54) is 12.1 Å². The summed E-state index contributed by atoms with van der Waals surface area (Å²) in [7, 11) is 1.91. The van der Waals surface area contributed by atoms with Crippen LogP contribution in [0.5, 0.6) is 0 Å². The SMILES string of the molecule is Cc1nn(C)c(C)c1NCc1cccc(F)c1. The maximum atomic E-state index is 13.0. The van der Waals surface area contributed by atoms with Gasteiger partial charge in [-0.05, 0) is 31.5 Å². The molecule has 3 nitrogen and oxygen atoms in total. The molecule has 1 heterocycles. The van der Waals surface area contributed by atoms with Crippen LogP contribution in [-0.4, -0.2) is 9.78 Å². The predicted octanol–water partition coefficient (Wildman–Crippen LogP) is 2.79. The average Bonchev–Trinajstić information content (AvgIpc) is 2.51. The third-order valence-electron chi connectivity index (χ3n) is 2.87.